The molecule has 0 radical (unpaired) electrons. The van der Waals surface area contributed by atoms with Crippen molar-refractivity contribution in [1.82, 2.24) is 0 Å². The van der Waals surface area contributed by atoms with E-state index in [1.54, 1.807) is 0 Å². The first-order valence-electron chi connectivity index (χ1n) is 5.28. The molecule has 1 heterocycles. The van der Waals surface area contributed by atoms with Gasteiger partial charge in [0.1, 0.15) is 0 Å². The molecule has 1 heteroatoms. The lowest BCUT2D eigenvalue weighted by atomic mass is 9.79. The molecule has 76 valence electrons. The first-order chi connectivity index (χ1) is 6.61. The van der Waals surface area contributed by atoms with Gasteiger partial charge in [0.15, 0.2) is 0 Å². The van der Waals surface area contributed by atoms with Gasteiger partial charge in [-0.15, -0.1) is 0 Å². The van der Waals surface area contributed by atoms with Crippen LogP contribution in [0.2, 0.25) is 0 Å². The minimum absolute atomic E-state index is 0.262. The van der Waals surface area contributed by atoms with Crippen LogP contribution in [-0.4, -0.2) is 6.61 Å². The van der Waals surface area contributed by atoms with E-state index in [0.717, 1.165) is 19.6 Å². The molecular weight excluding hydrogens is 172 g/mol. The van der Waals surface area contributed by atoms with Crippen molar-refractivity contribution in [2.45, 2.75) is 39.2 Å². The van der Waals surface area contributed by atoms with Crippen LogP contribution in [0.5, 0.6) is 0 Å². The lowest BCUT2D eigenvalue weighted by Gasteiger charge is -2.25. The highest BCUT2D eigenvalue weighted by molar-refractivity contribution is 5.39. The van der Waals surface area contributed by atoms with Crippen LogP contribution < -0.4 is 0 Å². The molecule has 0 N–H and O–H groups in total. The highest BCUT2D eigenvalue weighted by Crippen LogP contribution is 2.34. The largest absolute Gasteiger partial charge is 0.377 e. The van der Waals surface area contributed by atoms with Gasteiger partial charge in [0, 0.05) is 6.61 Å². The first-order valence-corrected chi connectivity index (χ1v) is 5.28. The molecule has 0 aromatic heterocycles. The SMILES string of the molecule is Cc1cccc2c1COCCC2(C)C. The van der Waals surface area contributed by atoms with Crippen molar-refractivity contribution in [2.75, 3.05) is 6.61 Å². The molecule has 1 aliphatic heterocycles. The van der Waals surface area contributed by atoms with E-state index in [1.165, 1.54) is 16.7 Å². The van der Waals surface area contributed by atoms with E-state index < -0.39 is 0 Å². The van der Waals surface area contributed by atoms with Crippen molar-refractivity contribution in [3.8, 4) is 0 Å². The van der Waals surface area contributed by atoms with E-state index in [9.17, 15) is 0 Å². The van der Waals surface area contributed by atoms with E-state index in [-0.39, 0.29) is 5.41 Å². The molecule has 0 unspecified atom stereocenters. The Morgan fingerprint density at radius 2 is 2.07 bits per heavy atom. The molecular formula is C13H18O. The van der Waals surface area contributed by atoms with Gasteiger partial charge in [-0.1, -0.05) is 32.0 Å². The Morgan fingerprint density at radius 3 is 2.86 bits per heavy atom. The van der Waals surface area contributed by atoms with Crippen molar-refractivity contribution in [3.63, 3.8) is 0 Å². The maximum atomic E-state index is 5.64. The summed E-state index contributed by atoms with van der Waals surface area (Å²) >= 11 is 0. The lowest BCUT2D eigenvalue weighted by Crippen LogP contribution is -2.18. The molecule has 1 aliphatic rings. The predicted octanol–water partition coefficient (Wildman–Crippen LogP) is 3.19. The van der Waals surface area contributed by atoms with Crippen LogP contribution in [0.25, 0.3) is 0 Å². The second-order valence-electron chi connectivity index (χ2n) is 4.79. The lowest BCUT2D eigenvalue weighted by molar-refractivity contribution is 0.116. The summed E-state index contributed by atoms with van der Waals surface area (Å²) in [5.41, 5.74) is 4.49. The van der Waals surface area contributed by atoms with Crippen molar-refractivity contribution < 1.29 is 4.74 Å². The van der Waals surface area contributed by atoms with E-state index in [4.69, 9.17) is 4.74 Å². The van der Waals surface area contributed by atoms with Gasteiger partial charge in [-0.3, -0.25) is 0 Å². The summed E-state index contributed by atoms with van der Waals surface area (Å²) in [4.78, 5) is 0. The predicted molar refractivity (Wildman–Crippen MR) is 58.5 cm³/mol. The van der Waals surface area contributed by atoms with Gasteiger partial charge in [-0.05, 0) is 35.4 Å². The smallest absolute Gasteiger partial charge is 0.0722 e. The standard InChI is InChI=1S/C13H18O/c1-10-5-4-6-12-11(10)9-14-8-7-13(12,2)3/h4-6H,7-9H2,1-3H3. The maximum Gasteiger partial charge on any atom is 0.0722 e. The summed E-state index contributed by atoms with van der Waals surface area (Å²) in [5, 5.41) is 0. The Labute approximate surface area is 86.1 Å². The minimum Gasteiger partial charge on any atom is -0.377 e. The van der Waals surface area contributed by atoms with E-state index in [1.807, 2.05) is 0 Å². The van der Waals surface area contributed by atoms with Gasteiger partial charge in [0.25, 0.3) is 0 Å². The number of aryl methyl sites for hydroxylation is 1. The second-order valence-corrected chi connectivity index (χ2v) is 4.79. The Balaban J connectivity index is 2.56. The van der Waals surface area contributed by atoms with Crippen LogP contribution in [0.1, 0.15) is 37.0 Å². The molecule has 1 aromatic rings. The van der Waals surface area contributed by atoms with Crippen LogP contribution in [0.3, 0.4) is 0 Å². The van der Waals surface area contributed by atoms with Crippen molar-refractivity contribution in [2.24, 2.45) is 0 Å². The van der Waals surface area contributed by atoms with E-state index in [2.05, 4.69) is 39.0 Å². The summed E-state index contributed by atoms with van der Waals surface area (Å²) in [6.45, 7) is 8.44. The fourth-order valence-electron chi connectivity index (χ4n) is 2.16. The maximum absolute atomic E-state index is 5.64. The molecule has 1 aromatic carbocycles. The molecule has 0 saturated carbocycles. The Morgan fingerprint density at radius 1 is 1.29 bits per heavy atom. The Kier molecular flexibility index (Phi) is 2.36. The summed E-state index contributed by atoms with van der Waals surface area (Å²) in [5.74, 6) is 0. The molecule has 0 bridgehead atoms. The zero-order valence-corrected chi connectivity index (χ0v) is 9.26. The molecule has 0 amide bonds. The number of hydrogen-bond donors (Lipinski definition) is 0. The van der Waals surface area contributed by atoms with Crippen molar-refractivity contribution in [1.29, 1.82) is 0 Å². The molecule has 0 fully saturated rings. The highest BCUT2D eigenvalue weighted by atomic mass is 16.5. The molecule has 0 saturated heterocycles. The minimum atomic E-state index is 0.262. The molecule has 0 aliphatic carbocycles. The van der Waals surface area contributed by atoms with Crippen molar-refractivity contribution >= 4 is 0 Å². The Bertz CT molecular complexity index is 339. The number of hydrogen-bond acceptors (Lipinski definition) is 1. The van der Waals surface area contributed by atoms with Crippen molar-refractivity contribution in [3.05, 3.63) is 34.9 Å². The zero-order chi connectivity index (χ0) is 10.2. The third-order valence-electron chi connectivity index (χ3n) is 3.26. The zero-order valence-electron chi connectivity index (χ0n) is 9.26. The molecule has 2 rings (SSSR count). The molecule has 1 nitrogen and oxygen atoms in total. The average Bonchev–Trinajstić information content (AvgIpc) is 2.27. The molecule has 0 atom stereocenters. The average molecular weight is 190 g/mol. The van der Waals surface area contributed by atoms with Gasteiger partial charge in [-0.2, -0.15) is 0 Å². The van der Waals surface area contributed by atoms with Crippen LogP contribution in [0.4, 0.5) is 0 Å². The van der Waals surface area contributed by atoms with Gasteiger partial charge in [-0.25, -0.2) is 0 Å². The highest BCUT2D eigenvalue weighted by Gasteiger charge is 2.26. The summed E-state index contributed by atoms with van der Waals surface area (Å²) < 4.78 is 5.64. The van der Waals surface area contributed by atoms with E-state index >= 15 is 0 Å². The van der Waals surface area contributed by atoms with Crippen LogP contribution in [0.15, 0.2) is 18.2 Å². The quantitative estimate of drug-likeness (QED) is 0.610. The van der Waals surface area contributed by atoms with E-state index in [0.29, 0.717) is 0 Å². The van der Waals surface area contributed by atoms with Crippen LogP contribution in [-0.2, 0) is 16.8 Å². The van der Waals surface area contributed by atoms with Gasteiger partial charge < -0.3 is 4.74 Å². The van der Waals surface area contributed by atoms with Gasteiger partial charge in [0.05, 0.1) is 6.61 Å². The fraction of sp³-hybridized carbons (Fsp3) is 0.538. The third-order valence-corrected chi connectivity index (χ3v) is 3.26. The summed E-state index contributed by atoms with van der Waals surface area (Å²) in [6.07, 6.45) is 1.11. The van der Waals surface area contributed by atoms with Gasteiger partial charge >= 0.3 is 0 Å². The third kappa shape index (κ3) is 1.57. The monoisotopic (exact) mass is 190 g/mol. The van der Waals surface area contributed by atoms with Gasteiger partial charge in [0.2, 0.25) is 0 Å². The normalized spacial score (nSPS) is 19.9. The summed E-state index contributed by atoms with van der Waals surface area (Å²) in [7, 11) is 0. The number of rotatable bonds is 0. The molecule has 14 heavy (non-hydrogen) atoms. The number of ether oxygens (including phenoxy) is 1. The first kappa shape index (κ1) is 9.72. The van der Waals surface area contributed by atoms with Crippen LogP contribution in [0, 0.1) is 6.92 Å². The number of fused-ring (bicyclic) bond motifs is 1. The molecule has 0 spiro atoms. The summed E-state index contributed by atoms with van der Waals surface area (Å²) in [6, 6.07) is 6.57. The second kappa shape index (κ2) is 3.39. The topological polar surface area (TPSA) is 9.23 Å². The fourth-order valence-corrected chi connectivity index (χ4v) is 2.16. The van der Waals surface area contributed by atoms with Crippen LogP contribution >= 0.6 is 0 Å². The number of benzene rings is 1. The Hall–Kier alpha value is -0.820.